The van der Waals surface area contributed by atoms with Crippen molar-refractivity contribution in [2.45, 2.75) is 97.1 Å². The minimum Gasteiger partial charge on any atom is -0.460 e. The quantitative estimate of drug-likeness (QED) is 0.238. The molecule has 0 aromatic heterocycles. The van der Waals surface area contributed by atoms with Crippen LogP contribution in [0.5, 0.6) is 0 Å². The zero-order valence-corrected chi connectivity index (χ0v) is 27.0. The van der Waals surface area contributed by atoms with Crippen LogP contribution in [0.25, 0.3) is 0 Å². The summed E-state index contributed by atoms with van der Waals surface area (Å²) in [5, 5.41) is 2.86. The van der Waals surface area contributed by atoms with Crippen LogP contribution in [0.4, 0.5) is 5.69 Å². The monoisotopic (exact) mass is 618 g/mol. The van der Waals surface area contributed by atoms with Crippen LogP contribution in [0.3, 0.4) is 0 Å². The average Bonchev–Trinajstić information content (AvgIpc) is 3.29. The maximum absolute atomic E-state index is 13.6. The zero-order valence-electron chi connectivity index (χ0n) is 25.5. The van der Waals surface area contributed by atoms with Crippen molar-refractivity contribution >= 4 is 46.5 Å². The first-order valence-electron chi connectivity index (χ1n) is 16.0. The number of carbonyl (C=O) groups excluding carboxylic acids is 3. The van der Waals surface area contributed by atoms with Gasteiger partial charge >= 0.3 is 5.97 Å². The Morgan fingerprint density at radius 2 is 1.67 bits per heavy atom. The number of nitrogens with zero attached hydrogens (tertiary/aromatic N) is 1. The fourth-order valence-electron chi connectivity index (χ4n) is 9.50. The third kappa shape index (κ3) is 6.22. The summed E-state index contributed by atoms with van der Waals surface area (Å²) in [6.07, 6.45) is 9.31. The van der Waals surface area contributed by atoms with Gasteiger partial charge in [-0.15, -0.1) is 23.2 Å². The molecule has 1 N–H and O–H groups in total. The predicted molar refractivity (Wildman–Crippen MR) is 168 cm³/mol. The van der Waals surface area contributed by atoms with E-state index >= 15 is 0 Å². The number of ether oxygens (including phenoxy) is 1. The number of nitrogens with one attached hydrogen (secondary N) is 1. The number of carbonyl (C=O) groups is 3. The Balaban J connectivity index is 1.26. The van der Waals surface area contributed by atoms with Crippen molar-refractivity contribution in [1.29, 1.82) is 0 Å². The number of halogens is 2. The molecule has 1 aromatic carbocycles. The molecule has 8 heteroatoms. The highest BCUT2D eigenvalue weighted by atomic mass is 35.5. The van der Waals surface area contributed by atoms with E-state index in [0.29, 0.717) is 60.7 Å². The first-order chi connectivity index (χ1) is 20.1. The topological polar surface area (TPSA) is 75.7 Å². The van der Waals surface area contributed by atoms with Crippen molar-refractivity contribution in [3.63, 3.8) is 0 Å². The number of hydrogen-bond donors (Lipinski definition) is 1. The standard InChI is InChI=1S/C34H48Cl2N2O4/c1-22(39)37-30(20-23-4-7-25(8-5-23)38(18-16-35)19-17-36)32(41)42-31-11-10-28-27-9-6-24-21-26(40)12-14-33(24,2)29(27)13-15-34(28,31)3/h4-5,7-8,24,27-31H,6,9-21H2,1-3H3,(H,37,39)/t24-,27+,28+,29+,30+,31+,33-,34-/m0/s1. The molecule has 0 heterocycles. The van der Waals surface area contributed by atoms with Crippen molar-refractivity contribution in [1.82, 2.24) is 5.32 Å². The van der Waals surface area contributed by atoms with Gasteiger partial charge in [0.15, 0.2) is 0 Å². The highest BCUT2D eigenvalue weighted by molar-refractivity contribution is 6.18. The summed E-state index contributed by atoms with van der Waals surface area (Å²) in [4.78, 5) is 40.1. The van der Waals surface area contributed by atoms with Crippen LogP contribution in [0.15, 0.2) is 24.3 Å². The highest BCUT2D eigenvalue weighted by Crippen LogP contribution is 2.66. The zero-order chi connectivity index (χ0) is 30.1. The smallest absolute Gasteiger partial charge is 0.329 e. The molecule has 8 atom stereocenters. The van der Waals surface area contributed by atoms with E-state index in [1.165, 1.54) is 13.3 Å². The van der Waals surface area contributed by atoms with E-state index in [1.54, 1.807) is 0 Å². The van der Waals surface area contributed by atoms with Gasteiger partial charge in [-0.1, -0.05) is 26.0 Å². The lowest BCUT2D eigenvalue weighted by molar-refractivity contribution is -0.167. The van der Waals surface area contributed by atoms with E-state index < -0.39 is 6.04 Å². The number of amides is 1. The molecular formula is C34H48Cl2N2O4. The summed E-state index contributed by atoms with van der Waals surface area (Å²) in [7, 11) is 0. The molecule has 0 bridgehead atoms. The summed E-state index contributed by atoms with van der Waals surface area (Å²) in [6.45, 7) is 7.67. The van der Waals surface area contributed by atoms with Gasteiger partial charge in [0.1, 0.15) is 17.9 Å². The van der Waals surface area contributed by atoms with Gasteiger partial charge in [0.2, 0.25) is 5.91 Å². The van der Waals surface area contributed by atoms with Gasteiger partial charge in [0.25, 0.3) is 0 Å². The van der Waals surface area contributed by atoms with E-state index in [1.807, 2.05) is 24.3 Å². The summed E-state index contributed by atoms with van der Waals surface area (Å²) in [5.41, 5.74) is 2.21. The third-order valence-electron chi connectivity index (χ3n) is 11.8. The molecule has 232 valence electrons. The number of rotatable bonds is 10. The van der Waals surface area contributed by atoms with Gasteiger partial charge in [-0.3, -0.25) is 9.59 Å². The van der Waals surface area contributed by atoms with Gasteiger partial charge in [-0.05, 0) is 91.7 Å². The Kier molecular flexibility index (Phi) is 9.83. The first kappa shape index (κ1) is 31.6. The summed E-state index contributed by atoms with van der Waals surface area (Å²) in [5.74, 6) is 3.29. The van der Waals surface area contributed by atoms with Gasteiger partial charge in [0, 0.05) is 62.1 Å². The predicted octanol–water partition coefficient (Wildman–Crippen LogP) is 6.54. The van der Waals surface area contributed by atoms with Crippen LogP contribution in [0, 0.1) is 34.5 Å². The minimum atomic E-state index is -0.733. The normalized spacial score (nSPS) is 34.5. The second-order valence-electron chi connectivity index (χ2n) is 13.9. The maximum Gasteiger partial charge on any atom is 0.329 e. The average molecular weight is 620 g/mol. The molecule has 42 heavy (non-hydrogen) atoms. The highest BCUT2D eigenvalue weighted by Gasteiger charge is 2.61. The van der Waals surface area contributed by atoms with Crippen molar-refractivity contribution in [2.24, 2.45) is 34.5 Å². The molecule has 4 aliphatic carbocycles. The largest absolute Gasteiger partial charge is 0.460 e. The van der Waals surface area contributed by atoms with Crippen molar-refractivity contribution < 1.29 is 19.1 Å². The molecule has 0 unspecified atom stereocenters. The summed E-state index contributed by atoms with van der Waals surface area (Å²) in [6, 6.07) is 7.29. The Hall–Kier alpha value is -1.79. The second kappa shape index (κ2) is 13.1. The number of alkyl halides is 2. The lowest BCUT2D eigenvalue weighted by Gasteiger charge is -2.60. The van der Waals surface area contributed by atoms with Crippen LogP contribution >= 0.6 is 23.2 Å². The van der Waals surface area contributed by atoms with E-state index in [-0.39, 0.29) is 28.8 Å². The molecule has 4 aliphatic rings. The Morgan fingerprint density at radius 1 is 0.976 bits per heavy atom. The third-order valence-corrected chi connectivity index (χ3v) is 12.1. The number of benzene rings is 1. The van der Waals surface area contributed by atoms with E-state index in [0.717, 1.165) is 62.6 Å². The van der Waals surface area contributed by atoms with Crippen LogP contribution < -0.4 is 10.2 Å². The van der Waals surface area contributed by atoms with Crippen LogP contribution in [-0.2, 0) is 25.5 Å². The molecule has 0 spiro atoms. The molecule has 0 aliphatic heterocycles. The van der Waals surface area contributed by atoms with Crippen molar-refractivity contribution in [2.75, 3.05) is 29.7 Å². The lowest BCUT2D eigenvalue weighted by Crippen LogP contribution is -2.54. The molecule has 0 saturated heterocycles. The lowest BCUT2D eigenvalue weighted by atomic mass is 9.45. The number of esters is 1. The number of ketones is 1. The molecule has 4 fully saturated rings. The molecule has 6 nitrogen and oxygen atoms in total. The SMILES string of the molecule is CC(=O)N[C@H](Cc1ccc(N(CCCl)CCCl)cc1)C(=O)O[C@@H]1CC[C@@H]2[C@H]3CC[C@H]4CC(=O)CC[C@]4(C)[C@@H]3CC[C@@]21C. The Labute approximate surface area is 261 Å². The fraction of sp³-hybridized carbons (Fsp3) is 0.735. The summed E-state index contributed by atoms with van der Waals surface area (Å²) >= 11 is 11.9. The fourth-order valence-corrected chi connectivity index (χ4v) is 9.91. The van der Waals surface area contributed by atoms with E-state index in [4.69, 9.17) is 27.9 Å². The number of fused-ring (bicyclic) bond motifs is 5. The minimum absolute atomic E-state index is 0.0404. The van der Waals surface area contributed by atoms with E-state index in [2.05, 4.69) is 24.1 Å². The number of Topliss-reactive ketones (excluding diaryl/α,β-unsaturated/α-hetero) is 1. The number of hydrogen-bond acceptors (Lipinski definition) is 5. The van der Waals surface area contributed by atoms with Gasteiger partial charge in [-0.25, -0.2) is 4.79 Å². The molecule has 1 amide bonds. The first-order valence-corrected chi connectivity index (χ1v) is 17.1. The maximum atomic E-state index is 13.6. The van der Waals surface area contributed by atoms with Crippen LogP contribution in [-0.4, -0.2) is 54.7 Å². The molecule has 1 aromatic rings. The van der Waals surface area contributed by atoms with Crippen molar-refractivity contribution in [3.8, 4) is 0 Å². The molecule has 5 rings (SSSR count). The van der Waals surface area contributed by atoms with Crippen LogP contribution in [0.1, 0.15) is 84.1 Å². The van der Waals surface area contributed by atoms with E-state index in [9.17, 15) is 14.4 Å². The summed E-state index contributed by atoms with van der Waals surface area (Å²) < 4.78 is 6.33. The van der Waals surface area contributed by atoms with Crippen molar-refractivity contribution in [3.05, 3.63) is 29.8 Å². The Morgan fingerprint density at radius 3 is 2.33 bits per heavy atom. The second-order valence-corrected chi connectivity index (χ2v) is 14.7. The molecular weight excluding hydrogens is 571 g/mol. The Bertz CT molecular complexity index is 1140. The molecule has 0 radical (unpaired) electrons. The molecule has 4 saturated carbocycles. The van der Waals surface area contributed by atoms with Gasteiger partial charge in [0.05, 0.1) is 0 Å². The van der Waals surface area contributed by atoms with Crippen LogP contribution in [0.2, 0.25) is 0 Å². The van der Waals surface area contributed by atoms with Gasteiger partial charge < -0.3 is 15.0 Å². The number of anilines is 1. The van der Waals surface area contributed by atoms with Gasteiger partial charge in [-0.2, -0.15) is 0 Å².